The third-order valence-electron chi connectivity index (χ3n) is 15.1. The van der Waals surface area contributed by atoms with Gasteiger partial charge in [-0.1, -0.05) is 133 Å². The van der Waals surface area contributed by atoms with Gasteiger partial charge in [-0.25, -0.2) is 0 Å². The minimum Gasteiger partial charge on any atom is -0.336 e. The highest BCUT2D eigenvalue weighted by Crippen LogP contribution is 2.62. The number of aryl methyl sites for hydroxylation is 5. The van der Waals surface area contributed by atoms with E-state index >= 15 is 0 Å². The number of hydrogen-bond acceptors (Lipinski definition) is 2. The first-order valence-corrected chi connectivity index (χ1v) is 21.6. The molecule has 3 heteroatoms. The van der Waals surface area contributed by atoms with Crippen LogP contribution in [0.2, 0.25) is 5.31 Å². The second-order valence-corrected chi connectivity index (χ2v) is 20.0. The molecule has 284 valence electrons. The van der Waals surface area contributed by atoms with Crippen LogP contribution in [0.1, 0.15) is 132 Å². The lowest BCUT2D eigenvalue weighted by Gasteiger charge is -2.60. The van der Waals surface area contributed by atoms with Gasteiger partial charge < -0.3 is 9.80 Å². The number of nitrogens with zero attached hydrogens (tertiary/aromatic N) is 2. The van der Waals surface area contributed by atoms with Crippen molar-refractivity contribution >= 4 is 40.4 Å². The van der Waals surface area contributed by atoms with Gasteiger partial charge in [0.2, 0.25) is 6.71 Å². The zero-order chi connectivity index (χ0) is 38.8. The summed E-state index contributed by atoms with van der Waals surface area (Å²) >= 11 is 0. The third-order valence-corrected chi connectivity index (χ3v) is 15.1. The molecular weight excluding hydrogens is 663 g/mol. The van der Waals surface area contributed by atoms with Crippen molar-refractivity contribution < 1.29 is 0 Å². The Morgan fingerprint density at radius 1 is 0.691 bits per heavy atom. The average Bonchev–Trinajstić information content (AvgIpc) is 3.13. The van der Waals surface area contributed by atoms with Crippen LogP contribution in [0.4, 0.5) is 22.7 Å². The van der Waals surface area contributed by atoms with Gasteiger partial charge in [-0.05, 0) is 140 Å². The van der Waals surface area contributed by atoms with Gasteiger partial charge in [0.15, 0.2) is 0 Å². The number of hydrogen-bond donors (Lipinski definition) is 0. The van der Waals surface area contributed by atoms with Crippen molar-refractivity contribution in [3.05, 3.63) is 129 Å². The first-order chi connectivity index (χ1) is 26.1. The molecule has 9 rings (SSSR count). The number of benzene rings is 4. The van der Waals surface area contributed by atoms with Crippen LogP contribution in [-0.2, 0) is 17.3 Å². The van der Waals surface area contributed by atoms with Crippen molar-refractivity contribution in [2.45, 2.75) is 155 Å². The SMILES string of the molecule is CCCCc1ccc(N2c3cc(C)cc4c3B(c3cc(C)cc(C)c3N4C3(C)CCCCC3)C3(C)C=C4C(=CC23)C(C)(C)c2ccc(C)cc2C4(C)C)cc1. The maximum atomic E-state index is 2.87. The monoisotopic (exact) mass is 727 g/mol. The largest absolute Gasteiger partial charge is 0.336 e. The van der Waals surface area contributed by atoms with Gasteiger partial charge >= 0.3 is 0 Å². The van der Waals surface area contributed by atoms with Crippen molar-refractivity contribution in [1.29, 1.82) is 0 Å². The molecule has 2 atom stereocenters. The van der Waals surface area contributed by atoms with E-state index in [0.29, 0.717) is 0 Å². The van der Waals surface area contributed by atoms with E-state index in [2.05, 4.69) is 165 Å². The minimum absolute atomic E-state index is 0.0676. The molecule has 55 heavy (non-hydrogen) atoms. The maximum Gasteiger partial charge on any atom is 0.229 e. The van der Waals surface area contributed by atoms with E-state index in [1.807, 2.05) is 0 Å². The van der Waals surface area contributed by atoms with Crippen molar-refractivity contribution in [1.82, 2.24) is 0 Å². The highest BCUT2D eigenvalue weighted by atomic mass is 15.2. The summed E-state index contributed by atoms with van der Waals surface area (Å²) in [6.45, 7) is 27.0. The number of rotatable bonds is 5. The predicted molar refractivity (Wildman–Crippen MR) is 238 cm³/mol. The van der Waals surface area contributed by atoms with Gasteiger partial charge in [-0.3, -0.25) is 0 Å². The molecule has 0 spiro atoms. The summed E-state index contributed by atoms with van der Waals surface area (Å²) in [5, 5.41) is -0.222. The predicted octanol–water partition coefficient (Wildman–Crippen LogP) is 12.5. The maximum absolute atomic E-state index is 2.87. The van der Waals surface area contributed by atoms with E-state index in [0.717, 1.165) is 6.42 Å². The molecule has 3 aliphatic carbocycles. The van der Waals surface area contributed by atoms with Gasteiger partial charge in [-0.2, -0.15) is 0 Å². The Kier molecular flexibility index (Phi) is 8.34. The Labute approximate surface area is 333 Å². The molecule has 0 radical (unpaired) electrons. The topological polar surface area (TPSA) is 6.48 Å². The molecule has 2 unspecified atom stereocenters. The first-order valence-electron chi connectivity index (χ1n) is 21.6. The second-order valence-electron chi connectivity index (χ2n) is 20.0. The first kappa shape index (κ1) is 36.7. The standard InChI is InChI=1S/C52H63BN2/c1-12-13-17-37-19-21-38(22-20-37)54-44-29-35(4)30-45-47(44)53(43-28-34(3)26-36(5)48(43)55(45)51(10)24-15-14-16-25-51)52(11)32-42-41(31-46(52)54)49(6,7)39-23-18-33(2)27-40(39)50(42,8)9/h18-23,26-32,46H,12-17,24-25H2,1-11H3. The van der Waals surface area contributed by atoms with Crippen LogP contribution in [0.3, 0.4) is 0 Å². The molecule has 2 nitrogen and oxygen atoms in total. The minimum atomic E-state index is -0.222. The second kappa shape index (κ2) is 12.5. The molecule has 2 aliphatic heterocycles. The molecule has 5 aliphatic rings. The van der Waals surface area contributed by atoms with Crippen LogP contribution in [0.5, 0.6) is 0 Å². The van der Waals surface area contributed by atoms with Crippen LogP contribution in [-0.4, -0.2) is 18.3 Å². The number of fused-ring (bicyclic) bond motifs is 6. The van der Waals surface area contributed by atoms with Gasteiger partial charge in [0, 0.05) is 39.1 Å². The van der Waals surface area contributed by atoms with Crippen LogP contribution in [0, 0.1) is 27.7 Å². The summed E-state index contributed by atoms with van der Waals surface area (Å²) in [6, 6.07) is 27.2. The third kappa shape index (κ3) is 5.27. The Hall–Kier alpha value is -3.98. The average molecular weight is 727 g/mol. The molecule has 0 N–H and O–H groups in total. The Bertz CT molecular complexity index is 2280. The van der Waals surface area contributed by atoms with Crippen molar-refractivity contribution in [3.8, 4) is 0 Å². The van der Waals surface area contributed by atoms with E-state index < -0.39 is 0 Å². The Morgan fingerprint density at radius 2 is 1.36 bits per heavy atom. The molecule has 4 aromatic rings. The molecule has 0 amide bonds. The summed E-state index contributed by atoms with van der Waals surface area (Å²) < 4.78 is 0. The van der Waals surface area contributed by atoms with E-state index in [1.165, 1.54) is 129 Å². The zero-order valence-corrected chi connectivity index (χ0v) is 35.7. The molecule has 0 bridgehead atoms. The van der Waals surface area contributed by atoms with Crippen LogP contribution in [0.15, 0.2) is 90.0 Å². The van der Waals surface area contributed by atoms with Crippen molar-refractivity contribution in [3.63, 3.8) is 0 Å². The number of unbranched alkanes of at least 4 members (excludes halogenated alkanes) is 1. The zero-order valence-electron chi connectivity index (χ0n) is 35.7. The van der Waals surface area contributed by atoms with Crippen LogP contribution < -0.4 is 20.7 Å². The molecule has 0 saturated heterocycles. The summed E-state index contributed by atoms with van der Waals surface area (Å²) in [4.78, 5) is 5.66. The lowest BCUT2D eigenvalue weighted by molar-refractivity contribution is 0.318. The molecule has 4 aromatic carbocycles. The molecule has 2 heterocycles. The highest BCUT2D eigenvalue weighted by molar-refractivity contribution is 6.92. The summed E-state index contributed by atoms with van der Waals surface area (Å²) in [6.07, 6.45) is 15.6. The van der Waals surface area contributed by atoms with Gasteiger partial charge in [-0.15, -0.1) is 0 Å². The molecule has 1 saturated carbocycles. The fourth-order valence-corrected chi connectivity index (χ4v) is 12.2. The fourth-order valence-electron chi connectivity index (χ4n) is 12.2. The smallest absolute Gasteiger partial charge is 0.229 e. The highest BCUT2D eigenvalue weighted by Gasteiger charge is 2.60. The Morgan fingerprint density at radius 3 is 2.07 bits per heavy atom. The Balaban J connectivity index is 1.38. The van der Waals surface area contributed by atoms with Gasteiger partial charge in [0.1, 0.15) is 0 Å². The lowest BCUT2D eigenvalue weighted by atomic mass is 9.22. The van der Waals surface area contributed by atoms with E-state index in [4.69, 9.17) is 0 Å². The summed E-state index contributed by atoms with van der Waals surface area (Å²) in [5.41, 5.74) is 21.4. The van der Waals surface area contributed by atoms with Crippen LogP contribution >= 0.6 is 0 Å². The molecule has 0 aromatic heterocycles. The van der Waals surface area contributed by atoms with E-state index in [-0.39, 0.29) is 34.4 Å². The number of allylic oxidation sites excluding steroid dienone is 2. The van der Waals surface area contributed by atoms with Crippen LogP contribution in [0.25, 0.3) is 0 Å². The molecular formula is C52H63BN2. The quantitative estimate of drug-likeness (QED) is 0.189. The van der Waals surface area contributed by atoms with Gasteiger partial charge in [0.25, 0.3) is 0 Å². The van der Waals surface area contributed by atoms with Crippen molar-refractivity contribution in [2.24, 2.45) is 0 Å². The fraction of sp³-hybridized carbons (Fsp3) is 0.462. The van der Waals surface area contributed by atoms with Gasteiger partial charge in [0.05, 0.1) is 6.04 Å². The lowest BCUT2D eigenvalue weighted by Crippen LogP contribution is -2.68. The van der Waals surface area contributed by atoms with Crippen molar-refractivity contribution in [2.75, 3.05) is 9.80 Å². The van der Waals surface area contributed by atoms with E-state index in [1.54, 1.807) is 0 Å². The number of anilines is 4. The summed E-state index contributed by atoms with van der Waals surface area (Å²) in [7, 11) is 0. The summed E-state index contributed by atoms with van der Waals surface area (Å²) in [5.74, 6) is 0. The van der Waals surface area contributed by atoms with E-state index in [9.17, 15) is 0 Å². The normalized spacial score (nSPS) is 23.8. The molecule has 1 fully saturated rings.